The van der Waals surface area contributed by atoms with Gasteiger partial charge in [-0.1, -0.05) is 24.5 Å². The van der Waals surface area contributed by atoms with E-state index in [4.69, 9.17) is 9.47 Å². The van der Waals surface area contributed by atoms with Gasteiger partial charge in [0, 0.05) is 11.8 Å². The molecule has 0 aromatic rings. The molecule has 1 saturated carbocycles. The van der Waals surface area contributed by atoms with Crippen molar-refractivity contribution in [3.05, 3.63) is 11.6 Å². The molecule has 0 bridgehead atoms. The number of esters is 1. The van der Waals surface area contributed by atoms with Crippen LogP contribution in [0.3, 0.4) is 0 Å². The fourth-order valence-electron chi connectivity index (χ4n) is 4.54. The van der Waals surface area contributed by atoms with Crippen LogP contribution in [0.4, 0.5) is 0 Å². The second kappa shape index (κ2) is 5.51. The lowest BCUT2D eigenvalue weighted by molar-refractivity contribution is -0.181. The molecule has 4 atom stereocenters. The molecule has 0 unspecified atom stereocenters. The van der Waals surface area contributed by atoms with Crippen molar-refractivity contribution in [1.82, 2.24) is 0 Å². The number of carbonyl (C=O) groups is 1. The zero-order valence-electron chi connectivity index (χ0n) is 12.7. The summed E-state index contributed by atoms with van der Waals surface area (Å²) in [6.45, 7) is 2.12. The van der Waals surface area contributed by atoms with E-state index in [1.807, 2.05) is 0 Å². The van der Waals surface area contributed by atoms with Crippen molar-refractivity contribution in [2.24, 2.45) is 11.8 Å². The number of allylic oxidation sites excluding steroid dienone is 1. The highest BCUT2D eigenvalue weighted by Gasteiger charge is 2.50. The van der Waals surface area contributed by atoms with Crippen LogP contribution in [-0.2, 0) is 14.3 Å². The summed E-state index contributed by atoms with van der Waals surface area (Å²) in [4.78, 5) is 11.8. The quantitative estimate of drug-likeness (QED) is 0.571. The molecule has 2 aliphatic carbocycles. The van der Waals surface area contributed by atoms with Crippen molar-refractivity contribution in [2.75, 3.05) is 7.11 Å². The number of ether oxygens (including phenoxy) is 2. The Morgan fingerprint density at radius 1 is 1.35 bits per heavy atom. The van der Waals surface area contributed by atoms with Gasteiger partial charge in [0.1, 0.15) is 0 Å². The first kappa shape index (κ1) is 14.1. The summed E-state index contributed by atoms with van der Waals surface area (Å²) >= 11 is 0. The molecular formula is C17H26O3. The molecule has 0 aromatic carbocycles. The maximum absolute atomic E-state index is 11.8. The highest BCUT2D eigenvalue weighted by Crippen LogP contribution is 2.51. The van der Waals surface area contributed by atoms with Gasteiger partial charge in [-0.25, -0.2) is 0 Å². The third kappa shape index (κ3) is 2.41. The van der Waals surface area contributed by atoms with Crippen LogP contribution in [0.1, 0.15) is 58.3 Å². The Labute approximate surface area is 121 Å². The maximum atomic E-state index is 11.8. The average Bonchev–Trinajstić information content (AvgIpc) is 2.47. The molecule has 0 spiro atoms. The first-order chi connectivity index (χ1) is 9.64. The highest BCUT2D eigenvalue weighted by molar-refractivity contribution is 5.70. The standard InChI is InChI=1S/C17H26O3/c1-17(11-16(18)19-2)14-9-5-3-7-12(14)13-8-4-6-10-15(13)20-17/h7,13-15H,3-6,8-11H2,1-2H3/t13-,14-,15-,17-/m0/s1. The van der Waals surface area contributed by atoms with Crippen molar-refractivity contribution < 1.29 is 14.3 Å². The summed E-state index contributed by atoms with van der Waals surface area (Å²) in [5.74, 6) is 0.876. The van der Waals surface area contributed by atoms with Crippen LogP contribution < -0.4 is 0 Å². The highest BCUT2D eigenvalue weighted by atomic mass is 16.5. The normalized spacial score (nSPS) is 40.3. The smallest absolute Gasteiger partial charge is 0.308 e. The molecule has 1 heterocycles. The lowest BCUT2D eigenvalue weighted by Crippen LogP contribution is -2.53. The van der Waals surface area contributed by atoms with Crippen LogP contribution in [0.2, 0.25) is 0 Å². The van der Waals surface area contributed by atoms with E-state index < -0.39 is 0 Å². The van der Waals surface area contributed by atoms with Crippen molar-refractivity contribution >= 4 is 5.97 Å². The molecule has 3 aliphatic rings. The Morgan fingerprint density at radius 2 is 2.15 bits per heavy atom. The molecular weight excluding hydrogens is 252 g/mol. The van der Waals surface area contributed by atoms with Crippen molar-refractivity contribution in [3.63, 3.8) is 0 Å². The first-order valence-corrected chi connectivity index (χ1v) is 8.08. The predicted molar refractivity (Wildman–Crippen MR) is 77.3 cm³/mol. The molecule has 3 heteroatoms. The van der Waals surface area contributed by atoms with Crippen molar-refractivity contribution in [3.8, 4) is 0 Å². The molecule has 0 N–H and O–H groups in total. The summed E-state index contributed by atoms with van der Waals surface area (Å²) in [6, 6.07) is 0. The fraction of sp³-hybridized carbons (Fsp3) is 0.824. The van der Waals surface area contributed by atoms with Crippen LogP contribution in [0.5, 0.6) is 0 Å². The van der Waals surface area contributed by atoms with Gasteiger partial charge in [-0.2, -0.15) is 0 Å². The van der Waals surface area contributed by atoms with E-state index in [0.717, 1.165) is 12.8 Å². The zero-order chi connectivity index (χ0) is 14.2. The van der Waals surface area contributed by atoms with Crippen LogP contribution in [0.15, 0.2) is 11.6 Å². The SMILES string of the molecule is COC(=O)C[C@]1(C)O[C@H]2CCCC[C@H]2C2=CCCC[C@@H]21. The monoisotopic (exact) mass is 278 g/mol. The molecule has 3 nitrogen and oxygen atoms in total. The van der Waals surface area contributed by atoms with Gasteiger partial charge in [0.2, 0.25) is 0 Å². The number of rotatable bonds is 2. The third-order valence-corrected chi connectivity index (χ3v) is 5.49. The van der Waals surface area contributed by atoms with Crippen molar-refractivity contribution in [1.29, 1.82) is 0 Å². The molecule has 1 aliphatic heterocycles. The van der Waals surface area contributed by atoms with E-state index >= 15 is 0 Å². The number of hydrogen-bond donors (Lipinski definition) is 0. The second-order valence-electron chi connectivity index (χ2n) is 6.80. The Balaban J connectivity index is 1.89. The lowest BCUT2D eigenvalue weighted by Gasteiger charge is -2.52. The lowest BCUT2D eigenvalue weighted by atomic mass is 9.64. The largest absolute Gasteiger partial charge is 0.469 e. The minimum Gasteiger partial charge on any atom is -0.469 e. The van der Waals surface area contributed by atoms with E-state index in [1.165, 1.54) is 39.2 Å². The summed E-state index contributed by atoms with van der Waals surface area (Å²) in [5, 5.41) is 0. The predicted octanol–water partition coefficient (Wildman–Crippen LogP) is 3.62. The Kier molecular flexibility index (Phi) is 3.89. The number of hydrogen-bond acceptors (Lipinski definition) is 3. The summed E-state index contributed by atoms with van der Waals surface area (Å²) in [7, 11) is 1.47. The van der Waals surface area contributed by atoms with E-state index in [1.54, 1.807) is 5.57 Å². The Hall–Kier alpha value is -0.830. The van der Waals surface area contributed by atoms with Gasteiger partial charge in [-0.15, -0.1) is 0 Å². The molecule has 112 valence electrons. The zero-order valence-corrected chi connectivity index (χ0v) is 12.7. The van der Waals surface area contributed by atoms with Crippen molar-refractivity contribution in [2.45, 2.75) is 70.0 Å². The van der Waals surface area contributed by atoms with Gasteiger partial charge >= 0.3 is 5.97 Å². The van der Waals surface area contributed by atoms with Crippen LogP contribution >= 0.6 is 0 Å². The summed E-state index contributed by atoms with van der Waals surface area (Å²) < 4.78 is 11.4. The molecule has 2 fully saturated rings. The summed E-state index contributed by atoms with van der Waals surface area (Å²) in [6.07, 6.45) is 11.7. The van der Waals surface area contributed by atoms with Gasteiger partial charge in [0.05, 0.1) is 25.2 Å². The van der Waals surface area contributed by atoms with E-state index in [0.29, 0.717) is 24.4 Å². The molecule has 0 amide bonds. The first-order valence-electron chi connectivity index (χ1n) is 8.08. The van der Waals surface area contributed by atoms with Gasteiger partial charge < -0.3 is 9.47 Å². The average molecular weight is 278 g/mol. The van der Waals surface area contributed by atoms with Crippen LogP contribution in [-0.4, -0.2) is 24.8 Å². The van der Waals surface area contributed by atoms with Gasteiger partial charge in [-0.3, -0.25) is 4.79 Å². The molecule has 1 saturated heterocycles. The Morgan fingerprint density at radius 3 is 2.95 bits per heavy atom. The van der Waals surface area contributed by atoms with E-state index in [9.17, 15) is 4.79 Å². The number of fused-ring (bicyclic) bond motifs is 3. The van der Waals surface area contributed by atoms with E-state index in [-0.39, 0.29) is 11.6 Å². The minimum absolute atomic E-state index is 0.147. The number of methoxy groups -OCH3 is 1. The molecule has 20 heavy (non-hydrogen) atoms. The molecule has 0 aromatic heterocycles. The Bertz CT molecular complexity index is 414. The number of carbonyl (C=O) groups excluding carboxylic acids is 1. The van der Waals surface area contributed by atoms with Crippen LogP contribution in [0.25, 0.3) is 0 Å². The molecule has 3 rings (SSSR count). The summed E-state index contributed by atoms with van der Waals surface area (Å²) in [5.41, 5.74) is 1.23. The van der Waals surface area contributed by atoms with Crippen LogP contribution in [0, 0.1) is 11.8 Å². The topological polar surface area (TPSA) is 35.5 Å². The third-order valence-electron chi connectivity index (χ3n) is 5.49. The van der Waals surface area contributed by atoms with Gasteiger partial charge in [-0.05, 0) is 39.0 Å². The maximum Gasteiger partial charge on any atom is 0.308 e. The fourth-order valence-corrected chi connectivity index (χ4v) is 4.54. The minimum atomic E-state index is -0.363. The van der Waals surface area contributed by atoms with E-state index in [2.05, 4.69) is 13.0 Å². The van der Waals surface area contributed by atoms with Gasteiger partial charge in [0.15, 0.2) is 0 Å². The van der Waals surface area contributed by atoms with Gasteiger partial charge in [0.25, 0.3) is 0 Å². The molecule has 0 radical (unpaired) electrons. The second-order valence-corrected chi connectivity index (χ2v) is 6.80.